The molecule has 1 aliphatic heterocycles. The van der Waals surface area contributed by atoms with Crippen molar-refractivity contribution in [1.29, 1.82) is 0 Å². The first-order valence-corrected chi connectivity index (χ1v) is 10.2. The lowest BCUT2D eigenvalue weighted by Crippen LogP contribution is -2.38. The van der Waals surface area contributed by atoms with Gasteiger partial charge >= 0.3 is 6.18 Å². The number of aliphatic imine (C=N–C) groups is 1. The molecule has 1 aromatic heterocycles. The van der Waals surface area contributed by atoms with E-state index in [4.69, 9.17) is 0 Å². The molecule has 164 valence electrons. The third kappa shape index (κ3) is 6.56. The zero-order chi connectivity index (χ0) is 20.9. The first-order valence-electron chi connectivity index (χ1n) is 9.29. The predicted octanol–water partition coefficient (Wildman–Crippen LogP) is 4.00. The Kier molecular flexibility index (Phi) is 8.89. The monoisotopic (exact) mass is 553 g/mol. The van der Waals surface area contributed by atoms with Crippen LogP contribution in [0.25, 0.3) is 0 Å². The van der Waals surface area contributed by atoms with Crippen LogP contribution in [0.15, 0.2) is 34.6 Å². The molecule has 0 radical (unpaired) electrons. The summed E-state index contributed by atoms with van der Waals surface area (Å²) < 4.78 is 37.9. The Labute approximate surface area is 193 Å². The number of thiazole rings is 1. The number of rotatable bonds is 6. The van der Waals surface area contributed by atoms with Crippen LogP contribution in [0.2, 0.25) is 0 Å². The number of fused-ring (bicyclic) bond motifs is 1. The van der Waals surface area contributed by atoms with Gasteiger partial charge in [-0.3, -0.25) is 9.79 Å². The lowest BCUT2D eigenvalue weighted by molar-refractivity contribution is -0.140. The summed E-state index contributed by atoms with van der Waals surface area (Å²) in [5.74, 6) is 0.498. The summed E-state index contributed by atoms with van der Waals surface area (Å²) >= 11 is 0.994. The topological polar surface area (TPSA) is 78.4 Å². The van der Waals surface area contributed by atoms with Gasteiger partial charge in [-0.05, 0) is 18.6 Å². The fourth-order valence-electron chi connectivity index (χ4n) is 3.05. The summed E-state index contributed by atoms with van der Waals surface area (Å²) in [5.41, 5.74) is 1.01. The van der Waals surface area contributed by atoms with Gasteiger partial charge in [-0.25, -0.2) is 4.98 Å². The SMILES string of the molecule is CCNC(=NCC1CC(=O)Nc2ccccc21)NCCc1nc(C(F)(F)F)cs1.I. The molecule has 0 bridgehead atoms. The maximum absolute atomic E-state index is 12.6. The van der Waals surface area contributed by atoms with Crippen molar-refractivity contribution in [2.24, 2.45) is 4.99 Å². The van der Waals surface area contributed by atoms with Gasteiger partial charge in [0.1, 0.15) is 0 Å². The summed E-state index contributed by atoms with van der Waals surface area (Å²) in [6, 6.07) is 7.66. The molecule has 0 fully saturated rings. The normalized spacial score (nSPS) is 16.3. The second-order valence-corrected chi connectivity index (χ2v) is 7.50. The minimum atomic E-state index is -4.42. The zero-order valence-electron chi connectivity index (χ0n) is 16.3. The number of nitrogens with one attached hydrogen (secondary N) is 3. The smallest absolute Gasteiger partial charge is 0.357 e. The van der Waals surface area contributed by atoms with Crippen LogP contribution in [0.1, 0.15) is 35.5 Å². The molecule has 11 heteroatoms. The van der Waals surface area contributed by atoms with E-state index in [1.807, 2.05) is 31.2 Å². The molecule has 1 amide bonds. The number of aromatic nitrogens is 1. The van der Waals surface area contributed by atoms with Crippen molar-refractivity contribution in [3.8, 4) is 0 Å². The lowest BCUT2D eigenvalue weighted by atomic mass is 9.91. The molecule has 0 aliphatic carbocycles. The van der Waals surface area contributed by atoms with E-state index >= 15 is 0 Å². The maximum atomic E-state index is 12.6. The van der Waals surface area contributed by atoms with E-state index in [-0.39, 0.29) is 35.8 Å². The van der Waals surface area contributed by atoms with Gasteiger partial charge < -0.3 is 16.0 Å². The molecule has 0 saturated carbocycles. The van der Waals surface area contributed by atoms with Gasteiger partial charge in [0.15, 0.2) is 11.7 Å². The fourth-order valence-corrected chi connectivity index (χ4v) is 3.86. The number of nitrogens with zero attached hydrogens (tertiary/aromatic N) is 2. The number of alkyl halides is 3. The third-order valence-corrected chi connectivity index (χ3v) is 5.30. The van der Waals surface area contributed by atoms with E-state index in [9.17, 15) is 18.0 Å². The zero-order valence-corrected chi connectivity index (χ0v) is 19.4. The number of halogens is 4. The number of anilines is 1. The van der Waals surface area contributed by atoms with E-state index in [1.165, 1.54) is 0 Å². The molecule has 30 heavy (non-hydrogen) atoms. The molecule has 3 N–H and O–H groups in total. The molecule has 6 nitrogen and oxygen atoms in total. The molecule has 3 rings (SSSR count). The Balaban J connectivity index is 0.00000320. The molecule has 2 heterocycles. The highest BCUT2D eigenvalue weighted by molar-refractivity contribution is 14.0. The van der Waals surface area contributed by atoms with Gasteiger partial charge in [-0.1, -0.05) is 18.2 Å². The molecule has 1 atom stereocenters. The number of amides is 1. The Morgan fingerprint density at radius 3 is 2.80 bits per heavy atom. The van der Waals surface area contributed by atoms with Gasteiger partial charge in [0.2, 0.25) is 5.91 Å². The first-order chi connectivity index (χ1) is 13.9. The van der Waals surface area contributed by atoms with Gasteiger partial charge in [0.05, 0.1) is 11.6 Å². The van der Waals surface area contributed by atoms with Crippen molar-refractivity contribution < 1.29 is 18.0 Å². The largest absolute Gasteiger partial charge is 0.434 e. The molecule has 1 aromatic carbocycles. The summed E-state index contributed by atoms with van der Waals surface area (Å²) in [4.78, 5) is 20.1. The second-order valence-electron chi connectivity index (χ2n) is 6.56. The van der Waals surface area contributed by atoms with Crippen molar-refractivity contribution in [3.63, 3.8) is 0 Å². The van der Waals surface area contributed by atoms with Crippen LogP contribution in [0.5, 0.6) is 0 Å². The highest BCUT2D eigenvalue weighted by Crippen LogP contribution is 2.32. The predicted molar refractivity (Wildman–Crippen MR) is 123 cm³/mol. The summed E-state index contributed by atoms with van der Waals surface area (Å²) in [6.07, 6.45) is -3.69. The van der Waals surface area contributed by atoms with Crippen LogP contribution in [-0.2, 0) is 17.4 Å². The number of carbonyl (C=O) groups is 1. The molecule has 0 spiro atoms. The van der Waals surface area contributed by atoms with Crippen molar-refractivity contribution in [2.75, 3.05) is 25.0 Å². The van der Waals surface area contributed by atoms with Gasteiger partial charge in [0, 0.05) is 42.9 Å². The Morgan fingerprint density at radius 2 is 2.10 bits per heavy atom. The number of hydrogen-bond donors (Lipinski definition) is 3. The first kappa shape index (κ1) is 24.4. The average molecular weight is 553 g/mol. The fraction of sp³-hybridized carbons (Fsp3) is 0.421. The lowest BCUT2D eigenvalue weighted by Gasteiger charge is -2.24. The molecular weight excluding hydrogens is 530 g/mol. The molecule has 1 unspecified atom stereocenters. The highest BCUT2D eigenvalue weighted by atomic mass is 127. The maximum Gasteiger partial charge on any atom is 0.434 e. The van der Waals surface area contributed by atoms with E-state index in [1.54, 1.807) is 0 Å². The van der Waals surface area contributed by atoms with E-state index in [2.05, 4.69) is 25.9 Å². The average Bonchev–Trinajstić information content (AvgIpc) is 3.15. The van der Waals surface area contributed by atoms with Gasteiger partial charge in [-0.2, -0.15) is 13.2 Å². The summed E-state index contributed by atoms with van der Waals surface area (Å²) in [7, 11) is 0. The van der Waals surface area contributed by atoms with Crippen molar-refractivity contribution in [2.45, 2.75) is 31.9 Å². The van der Waals surface area contributed by atoms with Gasteiger partial charge in [0.25, 0.3) is 0 Å². The van der Waals surface area contributed by atoms with Crippen LogP contribution in [-0.4, -0.2) is 36.5 Å². The number of carbonyl (C=O) groups excluding carboxylic acids is 1. The standard InChI is InChI=1S/C19H22F3N5OS.HI/c1-2-23-18(24-8-7-17-27-15(11-29-17)19(20,21)22)25-10-12-9-16(28)26-14-6-4-3-5-13(12)14;/h3-6,11-12H,2,7-10H2,1H3,(H,26,28)(H2,23,24,25);1H. The quantitative estimate of drug-likeness (QED) is 0.287. The van der Waals surface area contributed by atoms with E-state index in [0.717, 1.165) is 28.0 Å². The molecular formula is C19H23F3IN5OS. The second kappa shape index (κ2) is 10.9. The molecule has 1 aliphatic rings. The van der Waals surface area contributed by atoms with E-state index in [0.29, 0.717) is 43.4 Å². The van der Waals surface area contributed by atoms with Crippen LogP contribution in [0.3, 0.4) is 0 Å². The summed E-state index contributed by atoms with van der Waals surface area (Å²) in [6.45, 7) is 3.40. The third-order valence-electron chi connectivity index (χ3n) is 4.39. The Morgan fingerprint density at radius 1 is 1.33 bits per heavy atom. The van der Waals surface area contributed by atoms with Crippen molar-refractivity contribution >= 4 is 52.9 Å². The van der Waals surface area contributed by atoms with Crippen LogP contribution in [0.4, 0.5) is 18.9 Å². The van der Waals surface area contributed by atoms with Crippen LogP contribution >= 0.6 is 35.3 Å². The molecule has 2 aromatic rings. The van der Waals surface area contributed by atoms with Crippen LogP contribution < -0.4 is 16.0 Å². The van der Waals surface area contributed by atoms with Crippen molar-refractivity contribution in [1.82, 2.24) is 15.6 Å². The number of benzene rings is 1. The highest BCUT2D eigenvalue weighted by Gasteiger charge is 2.33. The molecule has 0 saturated heterocycles. The van der Waals surface area contributed by atoms with E-state index < -0.39 is 11.9 Å². The summed E-state index contributed by atoms with van der Waals surface area (Å²) in [5, 5.41) is 10.5. The number of para-hydroxylation sites is 1. The minimum absolute atomic E-state index is 0. The number of guanidine groups is 1. The van der Waals surface area contributed by atoms with Gasteiger partial charge in [-0.15, -0.1) is 35.3 Å². The minimum Gasteiger partial charge on any atom is -0.357 e. The van der Waals surface area contributed by atoms with Crippen LogP contribution in [0, 0.1) is 0 Å². The Bertz CT molecular complexity index is 887. The number of hydrogen-bond acceptors (Lipinski definition) is 4. The van der Waals surface area contributed by atoms with Crippen molar-refractivity contribution in [3.05, 3.63) is 45.9 Å². The Hall–Kier alpha value is -1.89.